The predicted octanol–water partition coefficient (Wildman–Crippen LogP) is 2.99. The van der Waals surface area contributed by atoms with Gasteiger partial charge < -0.3 is 14.1 Å². The second kappa shape index (κ2) is 8.10. The van der Waals surface area contributed by atoms with Crippen LogP contribution in [0.1, 0.15) is 44.3 Å². The van der Waals surface area contributed by atoms with Gasteiger partial charge in [0.25, 0.3) is 0 Å². The number of piperidine rings is 1. The van der Waals surface area contributed by atoms with Crippen molar-refractivity contribution in [2.75, 3.05) is 18.8 Å². The van der Waals surface area contributed by atoms with Crippen LogP contribution in [0, 0.1) is 6.92 Å². The zero-order chi connectivity index (χ0) is 16.9. The van der Waals surface area contributed by atoms with Gasteiger partial charge in [0.15, 0.2) is 0 Å². The SMILES string of the molecule is Cc1cc(OC2CCN(C(=O)CSC3CCCC3)CC2)cc(=O)o1. The van der Waals surface area contributed by atoms with Gasteiger partial charge in [-0.15, -0.1) is 11.8 Å². The van der Waals surface area contributed by atoms with Crippen LogP contribution < -0.4 is 10.4 Å². The third kappa shape index (κ3) is 4.79. The molecule has 3 rings (SSSR count). The highest BCUT2D eigenvalue weighted by Crippen LogP contribution is 2.29. The lowest BCUT2D eigenvalue weighted by molar-refractivity contribution is -0.130. The fraction of sp³-hybridized carbons (Fsp3) is 0.667. The smallest absolute Gasteiger partial charge is 0.339 e. The molecule has 1 amide bonds. The van der Waals surface area contributed by atoms with Crippen LogP contribution in [0.3, 0.4) is 0 Å². The van der Waals surface area contributed by atoms with Crippen molar-refractivity contribution < 1.29 is 13.9 Å². The Kier molecular flexibility index (Phi) is 5.87. The minimum absolute atomic E-state index is 0.0535. The van der Waals surface area contributed by atoms with E-state index in [0.29, 0.717) is 22.5 Å². The van der Waals surface area contributed by atoms with E-state index in [1.807, 2.05) is 16.7 Å². The largest absolute Gasteiger partial charge is 0.490 e. The van der Waals surface area contributed by atoms with Gasteiger partial charge in [0.2, 0.25) is 5.91 Å². The number of ether oxygens (including phenoxy) is 1. The summed E-state index contributed by atoms with van der Waals surface area (Å²) >= 11 is 1.82. The normalized spacial score (nSPS) is 19.6. The maximum Gasteiger partial charge on any atom is 0.339 e. The molecule has 2 fully saturated rings. The number of hydrogen-bond donors (Lipinski definition) is 0. The molecule has 0 atom stereocenters. The average Bonchev–Trinajstić information content (AvgIpc) is 3.06. The van der Waals surface area contributed by atoms with Crippen LogP contribution in [-0.4, -0.2) is 41.0 Å². The van der Waals surface area contributed by atoms with Crippen LogP contribution in [0.4, 0.5) is 0 Å². The monoisotopic (exact) mass is 351 g/mol. The van der Waals surface area contributed by atoms with E-state index in [-0.39, 0.29) is 17.6 Å². The van der Waals surface area contributed by atoms with Gasteiger partial charge in [0.1, 0.15) is 17.6 Å². The molecule has 1 saturated heterocycles. The number of likely N-dealkylation sites (tertiary alicyclic amines) is 1. The highest BCUT2D eigenvalue weighted by molar-refractivity contribution is 8.00. The number of hydrogen-bond acceptors (Lipinski definition) is 5. The number of carbonyl (C=O) groups excluding carboxylic acids is 1. The van der Waals surface area contributed by atoms with Crippen LogP contribution in [0.2, 0.25) is 0 Å². The second-order valence-corrected chi connectivity index (χ2v) is 7.93. The van der Waals surface area contributed by atoms with Crippen molar-refractivity contribution in [1.82, 2.24) is 4.90 Å². The van der Waals surface area contributed by atoms with Gasteiger partial charge >= 0.3 is 5.63 Å². The zero-order valence-corrected chi connectivity index (χ0v) is 15.0. The Balaban J connectivity index is 1.43. The molecule has 1 aliphatic heterocycles. The predicted molar refractivity (Wildman–Crippen MR) is 94.7 cm³/mol. The summed E-state index contributed by atoms with van der Waals surface area (Å²) in [5.41, 5.74) is -0.387. The minimum Gasteiger partial charge on any atom is -0.490 e. The van der Waals surface area contributed by atoms with E-state index in [1.165, 1.54) is 31.7 Å². The van der Waals surface area contributed by atoms with Gasteiger partial charge in [-0.1, -0.05) is 12.8 Å². The molecule has 2 heterocycles. The van der Waals surface area contributed by atoms with Crippen molar-refractivity contribution in [3.63, 3.8) is 0 Å². The number of amides is 1. The molecule has 1 aromatic heterocycles. The third-order valence-corrected chi connectivity index (χ3v) is 6.07. The van der Waals surface area contributed by atoms with E-state index in [9.17, 15) is 9.59 Å². The van der Waals surface area contributed by atoms with E-state index >= 15 is 0 Å². The quantitative estimate of drug-likeness (QED) is 0.816. The summed E-state index contributed by atoms with van der Waals surface area (Å²) in [6, 6.07) is 3.11. The van der Waals surface area contributed by atoms with Crippen molar-refractivity contribution in [3.8, 4) is 5.75 Å². The molecule has 1 aromatic rings. The minimum atomic E-state index is -0.387. The number of rotatable bonds is 5. The number of nitrogens with zero attached hydrogens (tertiary/aromatic N) is 1. The topological polar surface area (TPSA) is 59.8 Å². The van der Waals surface area contributed by atoms with Gasteiger partial charge in [-0.25, -0.2) is 4.79 Å². The lowest BCUT2D eigenvalue weighted by atomic mass is 10.1. The molecule has 24 heavy (non-hydrogen) atoms. The molecule has 6 heteroatoms. The molecule has 0 unspecified atom stereocenters. The van der Waals surface area contributed by atoms with E-state index in [1.54, 1.807) is 13.0 Å². The van der Waals surface area contributed by atoms with Crippen LogP contribution in [0.15, 0.2) is 21.3 Å². The standard InChI is InChI=1S/C18H25NO4S/c1-13-10-15(11-18(21)22-13)23-14-6-8-19(9-7-14)17(20)12-24-16-4-2-3-5-16/h10-11,14,16H,2-9,12H2,1H3. The Morgan fingerprint density at radius 2 is 1.96 bits per heavy atom. The lowest BCUT2D eigenvalue weighted by Crippen LogP contribution is -2.42. The zero-order valence-electron chi connectivity index (χ0n) is 14.2. The van der Waals surface area contributed by atoms with E-state index < -0.39 is 0 Å². The summed E-state index contributed by atoms with van der Waals surface area (Å²) < 4.78 is 10.8. The first-order chi connectivity index (χ1) is 11.6. The van der Waals surface area contributed by atoms with Gasteiger partial charge in [-0.2, -0.15) is 0 Å². The van der Waals surface area contributed by atoms with Crippen LogP contribution in [0.5, 0.6) is 5.75 Å². The van der Waals surface area contributed by atoms with Crippen LogP contribution in [-0.2, 0) is 4.79 Å². The second-order valence-electron chi connectivity index (χ2n) is 6.64. The maximum absolute atomic E-state index is 12.3. The Hall–Kier alpha value is -1.43. The highest BCUT2D eigenvalue weighted by Gasteiger charge is 2.25. The summed E-state index contributed by atoms with van der Waals surface area (Å²) in [5, 5.41) is 0.683. The number of thioether (sulfide) groups is 1. The number of carbonyl (C=O) groups is 1. The molecule has 5 nitrogen and oxygen atoms in total. The summed E-state index contributed by atoms with van der Waals surface area (Å²) in [7, 11) is 0. The summed E-state index contributed by atoms with van der Waals surface area (Å²) in [4.78, 5) is 25.6. The lowest BCUT2D eigenvalue weighted by Gasteiger charge is -2.32. The Bertz CT molecular complexity index is 616. The summed E-state index contributed by atoms with van der Waals surface area (Å²) in [5.74, 6) is 1.97. The molecule has 0 N–H and O–H groups in total. The van der Waals surface area contributed by atoms with Crippen LogP contribution in [0.25, 0.3) is 0 Å². The van der Waals surface area contributed by atoms with Gasteiger partial charge in [-0.05, 0) is 19.8 Å². The van der Waals surface area contributed by atoms with E-state index in [0.717, 1.165) is 25.9 Å². The Morgan fingerprint density at radius 3 is 2.62 bits per heavy atom. The molecule has 0 aromatic carbocycles. The summed E-state index contributed by atoms with van der Waals surface area (Å²) in [6.45, 7) is 3.20. The first-order valence-electron chi connectivity index (χ1n) is 8.78. The van der Waals surface area contributed by atoms with Crippen molar-refractivity contribution in [2.24, 2.45) is 0 Å². The van der Waals surface area contributed by atoms with Crippen molar-refractivity contribution in [2.45, 2.75) is 56.8 Å². The average molecular weight is 351 g/mol. The Labute approximate surface area is 146 Å². The Morgan fingerprint density at radius 1 is 1.25 bits per heavy atom. The molecule has 1 aliphatic carbocycles. The molecule has 132 valence electrons. The molecule has 0 bridgehead atoms. The number of aryl methyl sites for hydroxylation is 1. The van der Waals surface area contributed by atoms with E-state index in [2.05, 4.69) is 0 Å². The van der Waals surface area contributed by atoms with Crippen LogP contribution >= 0.6 is 11.8 Å². The molecule has 0 spiro atoms. The van der Waals surface area contributed by atoms with Gasteiger partial charge in [0, 0.05) is 37.2 Å². The fourth-order valence-corrected chi connectivity index (χ4v) is 4.62. The summed E-state index contributed by atoms with van der Waals surface area (Å²) in [6.07, 6.45) is 6.81. The molecule has 0 radical (unpaired) electrons. The molecule has 1 saturated carbocycles. The molecular formula is C18H25NO4S. The first kappa shape index (κ1) is 17.4. The third-order valence-electron chi connectivity index (χ3n) is 4.71. The fourth-order valence-electron chi connectivity index (χ4n) is 3.39. The van der Waals surface area contributed by atoms with Crippen molar-refractivity contribution in [1.29, 1.82) is 0 Å². The van der Waals surface area contributed by atoms with E-state index in [4.69, 9.17) is 9.15 Å². The first-order valence-corrected chi connectivity index (χ1v) is 9.83. The van der Waals surface area contributed by atoms with Gasteiger partial charge in [-0.3, -0.25) is 4.79 Å². The molecular weight excluding hydrogens is 326 g/mol. The molecule has 2 aliphatic rings. The van der Waals surface area contributed by atoms with Crippen molar-refractivity contribution in [3.05, 3.63) is 28.3 Å². The maximum atomic E-state index is 12.3. The highest BCUT2D eigenvalue weighted by atomic mass is 32.2. The van der Waals surface area contributed by atoms with Gasteiger partial charge in [0.05, 0.1) is 11.8 Å². The van der Waals surface area contributed by atoms with Crippen molar-refractivity contribution >= 4 is 17.7 Å².